The van der Waals surface area contributed by atoms with Crippen LogP contribution in [-0.2, 0) is 21.8 Å². The number of rotatable bonds is 8. The second-order valence-corrected chi connectivity index (χ2v) is 8.18. The maximum absolute atomic E-state index is 12.4. The van der Waals surface area contributed by atoms with E-state index in [1.807, 2.05) is 47.4 Å². The lowest BCUT2D eigenvalue weighted by molar-refractivity contribution is -0.130. The standard InChI is InChI=1S/C23H29N3O2S/c1-2-20-10-6-7-11-21(20)24-22(27)16-25-12-14-26(15-13-25)23(28)18-29-17-19-8-4-3-5-9-19/h3-11H,2,12-18H2,1H3,(H,24,27). The van der Waals surface area contributed by atoms with E-state index in [0.29, 0.717) is 25.4 Å². The van der Waals surface area contributed by atoms with Crippen LogP contribution in [0.2, 0.25) is 0 Å². The first-order chi connectivity index (χ1) is 14.2. The van der Waals surface area contributed by atoms with Crippen LogP contribution in [0.25, 0.3) is 0 Å². The molecule has 154 valence electrons. The molecule has 1 saturated heterocycles. The third-order valence-corrected chi connectivity index (χ3v) is 6.09. The average molecular weight is 412 g/mol. The highest BCUT2D eigenvalue weighted by atomic mass is 32.2. The van der Waals surface area contributed by atoms with E-state index in [4.69, 9.17) is 0 Å². The van der Waals surface area contributed by atoms with Gasteiger partial charge < -0.3 is 10.2 Å². The van der Waals surface area contributed by atoms with Gasteiger partial charge in [0.05, 0.1) is 12.3 Å². The van der Waals surface area contributed by atoms with Crippen LogP contribution < -0.4 is 5.32 Å². The Morgan fingerprint density at radius 2 is 1.66 bits per heavy atom. The molecule has 1 aliphatic heterocycles. The molecule has 2 aromatic carbocycles. The third kappa shape index (κ3) is 6.61. The van der Waals surface area contributed by atoms with Gasteiger partial charge in [-0.25, -0.2) is 0 Å². The number of hydrogen-bond donors (Lipinski definition) is 1. The third-order valence-electron chi connectivity index (χ3n) is 5.10. The van der Waals surface area contributed by atoms with Gasteiger partial charge in [-0.05, 0) is 23.6 Å². The molecule has 0 atom stereocenters. The van der Waals surface area contributed by atoms with Gasteiger partial charge >= 0.3 is 0 Å². The van der Waals surface area contributed by atoms with Gasteiger partial charge in [-0.1, -0.05) is 55.5 Å². The summed E-state index contributed by atoms with van der Waals surface area (Å²) >= 11 is 1.66. The fourth-order valence-corrected chi connectivity index (χ4v) is 4.31. The lowest BCUT2D eigenvalue weighted by atomic mass is 10.1. The van der Waals surface area contributed by atoms with E-state index in [2.05, 4.69) is 29.3 Å². The number of hydrogen-bond acceptors (Lipinski definition) is 4. The van der Waals surface area contributed by atoms with Gasteiger partial charge in [0.25, 0.3) is 0 Å². The molecule has 0 saturated carbocycles. The van der Waals surface area contributed by atoms with E-state index in [1.165, 1.54) is 5.56 Å². The minimum Gasteiger partial charge on any atom is -0.339 e. The molecule has 0 aromatic heterocycles. The van der Waals surface area contributed by atoms with Crippen molar-refractivity contribution in [2.75, 3.05) is 43.8 Å². The van der Waals surface area contributed by atoms with Crippen molar-refractivity contribution >= 4 is 29.3 Å². The smallest absolute Gasteiger partial charge is 0.238 e. The minimum atomic E-state index is 0.00379. The van der Waals surface area contributed by atoms with E-state index in [9.17, 15) is 9.59 Å². The molecule has 0 bridgehead atoms. The van der Waals surface area contributed by atoms with Gasteiger partial charge in [0, 0.05) is 37.6 Å². The van der Waals surface area contributed by atoms with Gasteiger partial charge in [0.1, 0.15) is 0 Å². The summed E-state index contributed by atoms with van der Waals surface area (Å²) in [5, 5.41) is 3.02. The van der Waals surface area contributed by atoms with Crippen LogP contribution in [0.3, 0.4) is 0 Å². The summed E-state index contributed by atoms with van der Waals surface area (Å²) in [6.07, 6.45) is 0.888. The zero-order valence-corrected chi connectivity index (χ0v) is 17.8. The van der Waals surface area contributed by atoms with Crippen molar-refractivity contribution in [1.29, 1.82) is 0 Å². The Hall–Kier alpha value is -2.31. The molecule has 1 aliphatic rings. The highest BCUT2D eigenvalue weighted by Gasteiger charge is 2.22. The summed E-state index contributed by atoms with van der Waals surface area (Å²) in [7, 11) is 0. The SMILES string of the molecule is CCc1ccccc1NC(=O)CN1CCN(C(=O)CSCc2ccccc2)CC1. The second-order valence-electron chi connectivity index (χ2n) is 7.19. The van der Waals surface area contributed by atoms with Crippen molar-refractivity contribution < 1.29 is 9.59 Å². The number of thioether (sulfide) groups is 1. The highest BCUT2D eigenvalue weighted by Crippen LogP contribution is 2.16. The molecular formula is C23H29N3O2S. The van der Waals surface area contributed by atoms with E-state index in [-0.39, 0.29) is 11.8 Å². The number of carbonyl (C=O) groups is 2. The van der Waals surface area contributed by atoms with Gasteiger partial charge in [0.2, 0.25) is 11.8 Å². The number of aryl methyl sites for hydroxylation is 1. The van der Waals surface area contributed by atoms with E-state index in [0.717, 1.165) is 36.5 Å². The number of nitrogens with one attached hydrogen (secondary N) is 1. The Morgan fingerprint density at radius 1 is 0.966 bits per heavy atom. The normalized spacial score (nSPS) is 14.6. The van der Waals surface area contributed by atoms with Crippen molar-refractivity contribution in [1.82, 2.24) is 9.80 Å². The van der Waals surface area contributed by atoms with Crippen LogP contribution in [0.4, 0.5) is 5.69 Å². The fraction of sp³-hybridized carbons (Fsp3) is 0.391. The number of piperazine rings is 1. The van der Waals surface area contributed by atoms with E-state index >= 15 is 0 Å². The Kier molecular flexibility index (Phi) is 8.14. The Morgan fingerprint density at radius 3 is 2.38 bits per heavy atom. The fourth-order valence-electron chi connectivity index (χ4n) is 3.42. The van der Waals surface area contributed by atoms with E-state index in [1.54, 1.807) is 11.8 Å². The van der Waals surface area contributed by atoms with Crippen molar-refractivity contribution in [2.24, 2.45) is 0 Å². The molecule has 0 unspecified atom stereocenters. The van der Waals surface area contributed by atoms with Crippen LogP contribution in [0.15, 0.2) is 54.6 Å². The van der Waals surface area contributed by atoms with Crippen molar-refractivity contribution in [2.45, 2.75) is 19.1 Å². The van der Waals surface area contributed by atoms with Crippen molar-refractivity contribution in [3.05, 3.63) is 65.7 Å². The summed E-state index contributed by atoms with van der Waals surface area (Å²) < 4.78 is 0. The summed E-state index contributed by atoms with van der Waals surface area (Å²) in [6, 6.07) is 18.1. The molecule has 0 radical (unpaired) electrons. The number of nitrogens with zero attached hydrogens (tertiary/aromatic N) is 2. The molecule has 6 heteroatoms. The zero-order chi connectivity index (χ0) is 20.5. The van der Waals surface area contributed by atoms with Crippen LogP contribution in [0.5, 0.6) is 0 Å². The van der Waals surface area contributed by atoms with Crippen LogP contribution in [-0.4, -0.2) is 60.1 Å². The highest BCUT2D eigenvalue weighted by molar-refractivity contribution is 7.99. The van der Waals surface area contributed by atoms with Crippen molar-refractivity contribution in [3.63, 3.8) is 0 Å². The quantitative estimate of drug-likeness (QED) is 0.724. The second kappa shape index (κ2) is 11.0. The predicted octanol–water partition coefficient (Wildman–Crippen LogP) is 3.27. The largest absolute Gasteiger partial charge is 0.339 e. The van der Waals surface area contributed by atoms with Gasteiger partial charge in [-0.3, -0.25) is 14.5 Å². The number of amides is 2. The molecule has 0 aliphatic carbocycles. The first-order valence-electron chi connectivity index (χ1n) is 10.1. The van der Waals surface area contributed by atoms with Crippen LogP contribution in [0, 0.1) is 0 Å². The molecular weight excluding hydrogens is 382 g/mol. The number of para-hydroxylation sites is 1. The van der Waals surface area contributed by atoms with Gasteiger partial charge in [0.15, 0.2) is 0 Å². The number of anilines is 1. The number of carbonyl (C=O) groups excluding carboxylic acids is 2. The monoisotopic (exact) mass is 411 g/mol. The van der Waals surface area contributed by atoms with Crippen LogP contribution in [0.1, 0.15) is 18.1 Å². The molecule has 3 rings (SSSR count). The Labute approximate surface area is 177 Å². The molecule has 1 fully saturated rings. The molecule has 1 heterocycles. The molecule has 29 heavy (non-hydrogen) atoms. The maximum atomic E-state index is 12.4. The topological polar surface area (TPSA) is 52.7 Å². The molecule has 2 amide bonds. The first-order valence-corrected chi connectivity index (χ1v) is 11.3. The summed E-state index contributed by atoms with van der Waals surface area (Å²) in [6.45, 7) is 5.28. The zero-order valence-electron chi connectivity index (χ0n) is 17.0. The summed E-state index contributed by atoms with van der Waals surface area (Å²) in [5.41, 5.74) is 3.28. The molecule has 0 spiro atoms. The number of benzene rings is 2. The maximum Gasteiger partial charge on any atom is 0.238 e. The average Bonchev–Trinajstić information content (AvgIpc) is 2.75. The molecule has 1 N–H and O–H groups in total. The lowest BCUT2D eigenvalue weighted by Gasteiger charge is -2.34. The Bertz CT molecular complexity index is 805. The summed E-state index contributed by atoms with van der Waals surface area (Å²) in [4.78, 5) is 28.9. The van der Waals surface area contributed by atoms with Crippen molar-refractivity contribution in [3.8, 4) is 0 Å². The Balaban J connectivity index is 1.37. The van der Waals surface area contributed by atoms with Gasteiger partial charge in [-0.2, -0.15) is 0 Å². The van der Waals surface area contributed by atoms with Gasteiger partial charge in [-0.15, -0.1) is 11.8 Å². The minimum absolute atomic E-state index is 0.00379. The molecule has 2 aromatic rings. The first kappa shape index (κ1) is 21.4. The molecule has 5 nitrogen and oxygen atoms in total. The predicted molar refractivity (Wildman–Crippen MR) is 120 cm³/mol. The van der Waals surface area contributed by atoms with Crippen LogP contribution >= 0.6 is 11.8 Å². The van der Waals surface area contributed by atoms with E-state index < -0.39 is 0 Å². The lowest BCUT2D eigenvalue weighted by Crippen LogP contribution is -2.50. The summed E-state index contributed by atoms with van der Waals surface area (Å²) in [5.74, 6) is 1.55.